The molecule has 3 N–H and O–H groups in total. The van der Waals surface area contributed by atoms with Crippen LogP contribution >= 0.6 is 0 Å². The van der Waals surface area contributed by atoms with Gasteiger partial charge in [0.25, 0.3) is 0 Å². The van der Waals surface area contributed by atoms with Crippen LogP contribution in [0.25, 0.3) is 0 Å². The number of anilines is 1. The molecule has 0 bridgehead atoms. The summed E-state index contributed by atoms with van der Waals surface area (Å²) in [7, 11) is 0. The van der Waals surface area contributed by atoms with E-state index in [9.17, 15) is 9.90 Å². The number of urea groups is 1. The predicted molar refractivity (Wildman–Crippen MR) is 89.2 cm³/mol. The van der Waals surface area contributed by atoms with Gasteiger partial charge in [0, 0.05) is 11.7 Å². The molecule has 0 saturated carbocycles. The van der Waals surface area contributed by atoms with Crippen molar-refractivity contribution in [2.45, 2.75) is 32.7 Å². The Balaban J connectivity index is 1.76. The van der Waals surface area contributed by atoms with Gasteiger partial charge in [-0.1, -0.05) is 29.8 Å². The van der Waals surface area contributed by atoms with E-state index in [2.05, 4.69) is 10.6 Å². The Hall–Kier alpha value is -2.49. The van der Waals surface area contributed by atoms with Crippen LogP contribution in [-0.4, -0.2) is 17.2 Å². The SMILES string of the molecule is Cc1ccc(NC(=O)NC(C)CCc2ccc(O)cc2)cc1. The summed E-state index contributed by atoms with van der Waals surface area (Å²) in [5.74, 6) is 0.271. The van der Waals surface area contributed by atoms with Gasteiger partial charge in [-0.3, -0.25) is 0 Å². The quantitative estimate of drug-likeness (QED) is 0.785. The minimum atomic E-state index is -0.193. The second-order valence-corrected chi connectivity index (χ2v) is 5.57. The van der Waals surface area contributed by atoms with Crippen LogP contribution in [0.3, 0.4) is 0 Å². The Labute approximate surface area is 131 Å². The normalized spacial score (nSPS) is 11.7. The predicted octanol–water partition coefficient (Wildman–Crippen LogP) is 3.84. The van der Waals surface area contributed by atoms with Crippen LogP contribution in [0.5, 0.6) is 5.75 Å². The number of carbonyl (C=O) groups is 1. The summed E-state index contributed by atoms with van der Waals surface area (Å²) < 4.78 is 0. The third-order valence-electron chi connectivity index (χ3n) is 3.49. The molecule has 2 aromatic rings. The van der Waals surface area contributed by atoms with Crippen molar-refractivity contribution in [3.05, 3.63) is 59.7 Å². The molecule has 0 radical (unpaired) electrons. The molecule has 1 atom stereocenters. The zero-order valence-corrected chi connectivity index (χ0v) is 13.0. The lowest BCUT2D eigenvalue weighted by Crippen LogP contribution is -2.36. The highest BCUT2D eigenvalue weighted by atomic mass is 16.3. The number of carbonyl (C=O) groups excluding carboxylic acids is 1. The Bertz CT molecular complexity index is 606. The first-order chi connectivity index (χ1) is 10.5. The first kappa shape index (κ1) is 15.9. The van der Waals surface area contributed by atoms with Gasteiger partial charge in [0.05, 0.1) is 0 Å². The summed E-state index contributed by atoms with van der Waals surface area (Å²) in [6.45, 7) is 3.99. The number of nitrogens with one attached hydrogen (secondary N) is 2. The van der Waals surface area contributed by atoms with Crippen LogP contribution in [0, 0.1) is 6.92 Å². The van der Waals surface area contributed by atoms with Gasteiger partial charge in [-0.25, -0.2) is 4.79 Å². The Kier molecular flexibility index (Phi) is 5.42. The number of hydrogen-bond acceptors (Lipinski definition) is 2. The molecule has 0 saturated heterocycles. The molecule has 2 amide bonds. The van der Waals surface area contributed by atoms with Gasteiger partial charge < -0.3 is 15.7 Å². The largest absolute Gasteiger partial charge is 0.508 e. The summed E-state index contributed by atoms with van der Waals surface area (Å²) in [6, 6.07) is 14.7. The molecular weight excluding hydrogens is 276 g/mol. The molecule has 0 heterocycles. The van der Waals surface area contributed by atoms with Crippen molar-refractivity contribution in [3.63, 3.8) is 0 Å². The Morgan fingerprint density at radius 3 is 2.36 bits per heavy atom. The topological polar surface area (TPSA) is 61.4 Å². The molecule has 0 spiro atoms. The Morgan fingerprint density at radius 2 is 1.73 bits per heavy atom. The minimum Gasteiger partial charge on any atom is -0.508 e. The van der Waals surface area contributed by atoms with Crippen LogP contribution in [0.15, 0.2) is 48.5 Å². The van der Waals surface area contributed by atoms with E-state index in [0.29, 0.717) is 0 Å². The number of aryl methyl sites for hydroxylation is 2. The molecule has 4 heteroatoms. The van der Waals surface area contributed by atoms with E-state index >= 15 is 0 Å². The lowest BCUT2D eigenvalue weighted by atomic mass is 10.1. The molecule has 0 aliphatic rings. The van der Waals surface area contributed by atoms with Crippen molar-refractivity contribution in [1.29, 1.82) is 0 Å². The van der Waals surface area contributed by atoms with E-state index in [1.54, 1.807) is 12.1 Å². The lowest BCUT2D eigenvalue weighted by Gasteiger charge is -2.15. The monoisotopic (exact) mass is 298 g/mol. The van der Waals surface area contributed by atoms with E-state index < -0.39 is 0 Å². The smallest absolute Gasteiger partial charge is 0.319 e. The highest BCUT2D eigenvalue weighted by Crippen LogP contribution is 2.12. The second kappa shape index (κ2) is 7.50. The lowest BCUT2D eigenvalue weighted by molar-refractivity contribution is 0.248. The van der Waals surface area contributed by atoms with Gasteiger partial charge in [-0.2, -0.15) is 0 Å². The van der Waals surface area contributed by atoms with Crippen LogP contribution < -0.4 is 10.6 Å². The van der Waals surface area contributed by atoms with E-state index in [4.69, 9.17) is 0 Å². The molecule has 1 unspecified atom stereocenters. The summed E-state index contributed by atoms with van der Waals surface area (Å²) in [6.07, 6.45) is 1.69. The average Bonchev–Trinajstić information content (AvgIpc) is 2.49. The standard InChI is InChI=1S/C18H22N2O2/c1-13-3-9-16(10-4-13)20-18(22)19-14(2)5-6-15-7-11-17(21)12-8-15/h3-4,7-12,14,21H,5-6H2,1-2H3,(H2,19,20,22). The molecule has 0 aliphatic carbocycles. The van der Waals surface area contributed by atoms with Crippen molar-refractivity contribution < 1.29 is 9.90 Å². The number of benzene rings is 2. The third kappa shape index (κ3) is 5.13. The number of phenols is 1. The van der Waals surface area contributed by atoms with Gasteiger partial charge in [-0.15, -0.1) is 0 Å². The fourth-order valence-corrected chi connectivity index (χ4v) is 2.15. The van der Waals surface area contributed by atoms with Crippen molar-refractivity contribution >= 4 is 11.7 Å². The zero-order valence-electron chi connectivity index (χ0n) is 13.0. The fraction of sp³-hybridized carbons (Fsp3) is 0.278. The maximum atomic E-state index is 11.9. The van der Waals surface area contributed by atoms with Crippen LogP contribution in [-0.2, 0) is 6.42 Å². The van der Waals surface area contributed by atoms with Crippen molar-refractivity contribution in [1.82, 2.24) is 5.32 Å². The minimum absolute atomic E-state index is 0.0688. The number of rotatable bonds is 5. The highest BCUT2D eigenvalue weighted by Gasteiger charge is 2.07. The molecule has 4 nitrogen and oxygen atoms in total. The first-order valence-electron chi connectivity index (χ1n) is 7.45. The highest BCUT2D eigenvalue weighted by molar-refractivity contribution is 5.89. The molecule has 0 fully saturated rings. The van der Waals surface area contributed by atoms with E-state index in [0.717, 1.165) is 29.7 Å². The molecule has 116 valence electrons. The van der Waals surface area contributed by atoms with Gasteiger partial charge in [-0.05, 0) is 56.5 Å². The van der Waals surface area contributed by atoms with E-state index in [-0.39, 0.29) is 17.8 Å². The maximum absolute atomic E-state index is 11.9. The van der Waals surface area contributed by atoms with Crippen LogP contribution in [0.1, 0.15) is 24.5 Å². The number of hydrogen-bond donors (Lipinski definition) is 3. The molecule has 0 aromatic heterocycles. The first-order valence-corrected chi connectivity index (χ1v) is 7.45. The number of amides is 2. The van der Waals surface area contributed by atoms with Gasteiger partial charge in [0.1, 0.15) is 5.75 Å². The van der Waals surface area contributed by atoms with Crippen molar-refractivity contribution in [2.24, 2.45) is 0 Å². The van der Waals surface area contributed by atoms with Crippen LogP contribution in [0.4, 0.5) is 10.5 Å². The maximum Gasteiger partial charge on any atom is 0.319 e. The number of aromatic hydroxyl groups is 1. The van der Waals surface area contributed by atoms with Crippen molar-refractivity contribution in [2.75, 3.05) is 5.32 Å². The van der Waals surface area contributed by atoms with E-state index in [1.807, 2.05) is 50.2 Å². The molecule has 2 aromatic carbocycles. The summed E-state index contributed by atoms with van der Waals surface area (Å²) in [5, 5.41) is 15.0. The fourth-order valence-electron chi connectivity index (χ4n) is 2.15. The molecule has 2 rings (SSSR count). The number of phenolic OH excluding ortho intramolecular Hbond substituents is 1. The van der Waals surface area contributed by atoms with Gasteiger partial charge in [0.2, 0.25) is 0 Å². The van der Waals surface area contributed by atoms with Gasteiger partial charge >= 0.3 is 6.03 Å². The summed E-state index contributed by atoms with van der Waals surface area (Å²) in [4.78, 5) is 11.9. The molecule has 0 aliphatic heterocycles. The average molecular weight is 298 g/mol. The molecular formula is C18H22N2O2. The van der Waals surface area contributed by atoms with E-state index in [1.165, 1.54) is 0 Å². The summed E-state index contributed by atoms with van der Waals surface area (Å²) in [5.41, 5.74) is 3.09. The molecule has 22 heavy (non-hydrogen) atoms. The van der Waals surface area contributed by atoms with Gasteiger partial charge in [0.15, 0.2) is 0 Å². The van der Waals surface area contributed by atoms with Crippen LogP contribution in [0.2, 0.25) is 0 Å². The third-order valence-corrected chi connectivity index (χ3v) is 3.49. The van der Waals surface area contributed by atoms with Crippen molar-refractivity contribution in [3.8, 4) is 5.75 Å². The Morgan fingerprint density at radius 1 is 1.09 bits per heavy atom. The second-order valence-electron chi connectivity index (χ2n) is 5.57. The summed E-state index contributed by atoms with van der Waals surface area (Å²) >= 11 is 0. The zero-order chi connectivity index (χ0) is 15.9.